The molecule has 2 aromatic rings. The van der Waals surface area contributed by atoms with Crippen LogP contribution < -0.4 is 15.4 Å². The van der Waals surface area contributed by atoms with Crippen molar-refractivity contribution in [3.05, 3.63) is 42.2 Å². The van der Waals surface area contributed by atoms with Crippen LogP contribution in [0.25, 0.3) is 0 Å². The van der Waals surface area contributed by atoms with E-state index in [1.807, 2.05) is 35.1 Å². The molecule has 0 atom stereocenters. The molecule has 1 heterocycles. The zero-order valence-electron chi connectivity index (χ0n) is 10.9. The van der Waals surface area contributed by atoms with E-state index in [0.29, 0.717) is 11.7 Å². The molecule has 0 aliphatic heterocycles. The van der Waals surface area contributed by atoms with E-state index in [9.17, 15) is 0 Å². The van der Waals surface area contributed by atoms with Crippen LogP contribution in [0.4, 0.5) is 5.69 Å². The second-order valence-electron chi connectivity index (χ2n) is 3.98. The van der Waals surface area contributed by atoms with Gasteiger partial charge in [0.2, 0.25) is 0 Å². The number of thiocarbonyl (C=S) groups is 1. The van der Waals surface area contributed by atoms with E-state index >= 15 is 0 Å². The highest BCUT2D eigenvalue weighted by Gasteiger charge is 2.02. The van der Waals surface area contributed by atoms with Crippen molar-refractivity contribution in [2.75, 3.05) is 19.5 Å². The van der Waals surface area contributed by atoms with Gasteiger partial charge in [-0.15, -0.1) is 0 Å². The van der Waals surface area contributed by atoms with Gasteiger partial charge in [-0.3, -0.25) is 4.68 Å². The Labute approximate surface area is 117 Å². The molecule has 0 amide bonds. The number of nitrogens with zero attached hydrogens (tertiary/aromatic N) is 2. The molecule has 0 saturated carbocycles. The topological polar surface area (TPSA) is 51.1 Å². The molecule has 0 radical (unpaired) electrons. The summed E-state index contributed by atoms with van der Waals surface area (Å²) in [7, 11) is 3.43. The lowest BCUT2D eigenvalue weighted by Gasteiger charge is -2.05. The molecule has 100 valence electrons. The summed E-state index contributed by atoms with van der Waals surface area (Å²) in [5, 5.41) is 10.7. The molecular formula is C13H16N4OS. The van der Waals surface area contributed by atoms with Crippen LogP contribution >= 0.6 is 12.2 Å². The molecule has 6 heteroatoms. The minimum Gasteiger partial charge on any atom is -0.497 e. The average Bonchev–Trinajstić information content (AvgIpc) is 2.86. The smallest absolute Gasteiger partial charge is 0.170 e. The first-order chi connectivity index (χ1) is 9.21. The van der Waals surface area contributed by atoms with Gasteiger partial charge in [-0.1, -0.05) is 12.1 Å². The third-order valence-electron chi connectivity index (χ3n) is 2.60. The summed E-state index contributed by atoms with van der Waals surface area (Å²) in [4.78, 5) is 0. The maximum atomic E-state index is 5.20. The lowest BCUT2D eigenvalue weighted by Crippen LogP contribution is -2.23. The predicted octanol–water partition coefficient (Wildman–Crippen LogP) is 1.86. The monoisotopic (exact) mass is 276 g/mol. The number of methoxy groups -OCH3 is 1. The van der Waals surface area contributed by atoms with Crippen LogP contribution in [0.1, 0.15) is 5.56 Å². The molecule has 1 aromatic heterocycles. The molecule has 0 spiro atoms. The van der Waals surface area contributed by atoms with E-state index in [2.05, 4.69) is 15.7 Å². The number of hydrogen-bond donors (Lipinski definition) is 2. The van der Waals surface area contributed by atoms with Crippen LogP contribution in [0.5, 0.6) is 5.75 Å². The maximum absolute atomic E-state index is 5.20. The molecule has 19 heavy (non-hydrogen) atoms. The fourth-order valence-electron chi connectivity index (χ4n) is 1.67. The fourth-order valence-corrected chi connectivity index (χ4v) is 1.78. The summed E-state index contributed by atoms with van der Waals surface area (Å²) in [5.74, 6) is 0.847. The molecular weight excluding hydrogens is 260 g/mol. The number of nitrogens with one attached hydrogen (secondary N) is 2. The first-order valence-corrected chi connectivity index (χ1v) is 6.26. The summed E-state index contributed by atoms with van der Waals surface area (Å²) in [5.41, 5.74) is 1.99. The number of aromatic nitrogens is 2. The quantitative estimate of drug-likeness (QED) is 0.835. The van der Waals surface area contributed by atoms with Crippen LogP contribution in [0, 0.1) is 0 Å². The minimum atomic E-state index is 0.570. The Morgan fingerprint density at radius 2 is 2.32 bits per heavy atom. The summed E-state index contributed by atoms with van der Waals surface area (Å²) in [6, 6.07) is 7.92. The molecule has 0 aliphatic carbocycles. The Balaban J connectivity index is 2.04. The molecule has 5 nitrogen and oxygen atoms in total. The minimum absolute atomic E-state index is 0.570. The van der Waals surface area contributed by atoms with Crippen molar-refractivity contribution in [3.8, 4) is 5.75 Å². The second-order valence-corrected chi connectivity index (χ2v) is 4.39. The van der Waals surface area contributed by atoms with Crippen molar-refractivity contribution < 1.29 is 4.74 Å². The first-order valence-electron chi connectivity index (χ1n) is 5.85. The SMILES string of the molecule is CNC(=S)Nc1cnn(Cc2cccc(OC)c2)c1. The summed E-state index contributed by atoms with van der Waals surface area (Å²) in [6.45, 7) is 0.686. The largest absolute Gasteiger partial charge is 0.497 e. The molecule has 0 saturated heterocycles. The van der Waals surface area contributed by atoms with E-state index in [4.69, 9.17) is 17.0 Å². The number of hydrogen-bond acceptors (Lipinski definition) is 3. The Kier molecular flexibility index (Phi) is 4.35. The number of rotatable bonds is 4. The average molecular weight is 276 g/mol. The summed E-state index contributed by atoms with van der Waals surface area (Å²) < 4.78 is 7.04. The van der Waals surface area contributed by atoms with E-state index in [0.717, 1.165) is 17.0 Å². The molecule has 0 aliphatic rings. The number of ether oxygens (including phenoxy) is 1. The summed E-state index contributed by atoms with van der Waals surface area (Å²) >= 11 is 5.03. The normalized spacial score (nSPS) is 10.0. The van der Waals surface area contributed by atoms with Crippen molar-refractivity contribution in [1.82, 2.24) is 15.1 Å². The van der Waals surface area contributed by atoms with E-state index in [-0.39, 0.29) is 0 Å². The third kappa shape index (κ3) is 3.69. The molecule has 2 N–H and O–H groups in total. The lowest BCUT2D eigenvalue weighted by molar-refractivity contribution is 0.414. The maximum Gasteiger partial charge on any atom is 0.170 e. The zero-order chi connectivity index (χ0) is 13.7. The van der Waals surface area contributed by atoms with Gasteiger partial charge in [0.05, 0.1) is 25.5 Å². The van der Waals surface area contributed by atoms with Gasteiger partial charge in [0.25, 0.3) is 0 Å². The molecule has 0 fully saturated rings. The van der Waals surface area contributed by atoms with E-state index in [1.54, 1.807) is 20.4 Å². The van der Waals surface area contributed by atoms with Crippen molar-refractivity contribution in [2.45, 2.75) is 6.54 Å². The van der Waals surface area contributed by atoms with Gasteiger partial charge in [0, 0.05) is 13.2 Å². The molecule has 1 aromatic carbocycles. The van der Waals surface area contributed by atoms with Gasteiger partial charge in [-0.2, -0.15) is 5.10 Å². The van der Waals surface area contributed by atoms with Crippen LogP contribution in [0.15, 0.2) is 36.7 Å². The zero-order valence-corrected chi connectivity index (χ0v) is 11.7. The van der Waals surface area contributed by atoms with Gasteiger partial charge in [-0.05, 0) is 29.9 Å². The molecule has 0 unspecified atom stereocenters. The number of anilines is 1. The summed E-state index contributed by atoms with van der Waals surface area (Å²) in [6.07, 6.45) is 3.65. The number of benzene rings is 1. The lowest BCUT2D eigenvalue weighted by atomic mass is 10.2. The van der Waals surface area contributed by atoms with E-state index in [1.165, 1.54) is 0 Å². The van der Waals surface area contributed by atoms with Crippen molar-refractivity contribution in [2.24, 2.45) is 0 Å². The van der Waals surface area contributed by atoms with Crippen LogP contribution in [0.2, 0.25) is 0 Å². The van der Waals surface area contributed by atoms with Crippen LogP contribution in [0.3, 0.4) is 0 Å². The van der Waals surface area contributed by atoms with E-state index < -0.39 is 0 Å². The van der Waals surface area contributed by atoms with Gasteiger partial charge >= 0.3 is 0 Å². The Morgan fingerprint density at radius 1 is 1.47 bits per heavy atom. The predicted molar refractivity (Wildman–Crippen MR) is 79.6 cm³/mol. The van der Waals surface area contributed by atoms with Gasteiger partial charge in [0.1, 0.15) is 5.75 Å². The van der Waals surface area contributed by atoms with Crippen LogP contribution in [-0.4, -0.2) is 29.1 Å². The van der Waals surface area contributed by atoms with Crippen molar-refractivity contribution in [3.63, 3.8) is 0 Å². The highest BCUT2D eigenvalue weighted by Crippen LogP contribution is 2.14. The Morgan fingerprint density at radius 3 is 3.05 bits per heavy atom. The highest BCUT2D eigenvalue weighted by atomic mass is 32.1. The fraction of sp³-hybridized carbons (Fsp3) is 0.231. The van der Waals surface area contributed by atoms with Crippen molar-refractivity contribution in [1.29, 1.82) is 0 Å². The van der Waals surface area contributed by atoms with Crippen molar-refractivity contribution >= 4 is 23.0 Å². The molecule has 2 rings (SSSR count). The van der Waals surface area contributed by atoms with Gasteiger partial charge < -0.3 is 15.4 Å². The Hall–Kier alpha value is -2.08. The van der Waals surface area contributed by atoms with Gasteiger partial charge in [0.15, 0.2) is 5.11 Å². The second kappa shape index (κ2) is 6.19. The Bertz CT molecular complexity index is 567. The molecule has 0 bridgehead atoms. The van der Waals surface area contributed by atoms with Crippen LogP contribution in [-0.2, 0) is 6.54 Å². The first kappa shape index (κ1) is 13.4. The van der Waals surface area contributed by atoms with Gasteiger partial charge in [-0.25, -0.2) is 0 Å². The third-order valence-corrected chi connectivity index (χ3v) is 2.90. The standard InChI is InChI=1S/C13H16N4OS/c1-14-13(19)16-11-7-15-17(9-11)8-10-4-3-5-12(6-10)18-2/h3-7,9H,8H2,1-2H3,(H2,14,16,19). The highest BCUT2D eigenvalue weighted by molar-refractivity contribution is 7.80.